The fourth-order valence-corrected chi connectivity index (χ4v) is 7.34. The van der Waals surface area contributed by atoms with Crippen LogP contribution in [-0.4, -0.2) is 73.7 Å². The van der Waals surface area contributed by atoms with Crippen LogP contribution in [0, 0.1) is 13.8 Å². The number of aromatic nitrogens is 4. The number of H-pyrrole nitrogens is 2. The number of rotatable bonds is 13. The van der Waals surface area contributed by atoms with Crippen molar-refractivity contribution < 1.29 is 34.1 Å². The van der Waals surface area contributed by atoms with Crippen LogP contribution < -0.4 is 11.1 Å². The molecule has 280 valence electrons. The molecule has 2 aliphatic heterocycles. The molecule has 3 aromatic rings. The molecule has 0 aromatic carbocycles. The largest absolute Gasteiger partial charge is 0.480 e. The van der Waals surface area contributed by atoms with Crippen LogP contribution in [0.5, 0.6) is 0 Å². The van der Waals surface area contributed by atoms with E-state index in [4.69, 9.17) is 25.5 Å². The van der Waals surface area contributed by atoms with E-state index in [0.29, 0.717) is 36.2 Å². The number of fused-ring (bicyclic) bond motifs is 8. The maximum atomic E-state index is 14.0. The molecule has 0 unspecified atom stereocenters. The molecule has 5 heterocycles. The molecule has 0 radical (unpaired) electrons. The van der Waals surface area contributed by atoms with Gasteiger partial charge in [-0.2, -0.15) is 0 Å². The number of aliphatic carboxylic acids is 1. The van der Waals surface area contributed by atoms with E-state index in [1.165, 1.54) is 7.11 Å². The lowest BCUT2D eigenvalue weighted by molar-refractivity contribution is -0.141. The molecule has 0 saturated carbocycles. The van der Waals surface area contributed by atoms with Gasteiger partial charge in [-0.05, 0) is 93.3 Å². The number of allylic oxidation sites excluding steroid dienone is 1. The van der Waals surface area contributed by atoms with Gasteiger partial charge in [0.05, 0.1) is 29.8 Å². The van der Waals surface area contributed by atoms with Gasteiger partial charge in [-0.1, -0.05) is 26.5 Å². The minimum atomic E-state index is -1.31. The molecule has 3 atom stereocenters. The van der Waals surface area contributed by atoms with Crippen molar-refractivity contribution >= 4 is 63.1 Å². The van der Waals surface area contributed by atoms with Crippen LogP contribution in [0.25, 0.3) is 39.3 Å². The number of carboxylic acids is 2. The summed E-state index contributed by atoms with van der Waals surface area (Å²) in [6.45, 7) is 14.0. The quantitative estimate of drug-likeness (QED) is 0.0854. The number of nitrogens with one attached hydrogen (secondary N) is 3. The maximum absolute atomic E-state index is 14.0. The Labute approximate surface area is 307 Å². The number of hydrogen-bond acceptors (Lipinski definition) is 8. The third-order valence-corrected chi connectivity index (χ3v) is 10.5. The Morgan fingerprint density at radius 3 is 2.36 bits per heavy atom. The van der Waals surface area contributed by atoms with Crippen LogP contribution in [-0.2, 0) is 25.5 Å². The molecule has 0 fully saturated rings. The van der Waals surface area contributed by atoms with Crippen molar-refractivity contribution in [1.82, 2.24) is 25.3 Å². The van der Waals surface area contributed by atoms with E-state index in [1.54, 1.807) is 13.0 Å². The van der Waals surface area contributed by atoms with Crippen molar-refractivity contribution in [3.05, 3.63) is 75.4 Å². The minimum absolute atomic E-state index is 0.0191. The summed E-state index contributed by atoms with van der Waals surface area (Å²) in [5.41, 5.74) is 14.5. The zero-order valence-corrected chi connectivity index (χ0v) is 31.1. The molecule has 0 saturated heterocycles. The second kappa shape index (κ2) is 16.0. The van der Waals surface area contributed by atoms with Crippen molar-refractivity contribution in [2.24, 2.45) is 5.73 Å². The number of hydrogen-bond donors (Lipinski definition) is 6. The summed E-state index contributed by atoms with van der Waals surface area (Å²) in [6, 6.07) is 4.80. The van der Waals surface area contributed by atoms with Gasteiger partial charge in [0.15, 0.2) is 0 Å². The molecule has 3 aromatic heterocycles. The summed E-state index contributed by atoms with van der Waals surface area (Å²) in [6.07, 6.45) is 3.97. The fourth-order valence-electron chi connectivity index (χ4n) is 7.34. The molecule has 7 N–H and O–H groups in total. The Morgan fingerprint density at radius 1 is 1.02 bits per heavy atom. The first kappa shape index (κ1) is 38.7. The lowest BCUT2D eigenvalue weighted by atomic mass is 9.85. The standard InChI is InChI=1S/C40H48N6O7/c1-8-23-19(3)27-16-29-21(5)25(13-14-33(47)53-7)36(45-29)35(40(51)52)37-34(38(48)42-15-11-10-12-26(41)39(49)50)22(6)30(46-37)18-32-24(9-2)20(4)28(44-32)17-31(23)43-27/h8,16-18,21,25-26,43-44H,1,9-15,41H2,2-7H3,(H,42,48)(H,49,50)(H,51,52)/t21-,25-,26+/m0/s1. The number of esters is 1. The van der Waals surface area contributed by atoms with Gasteiger partial charge in [-0.15, -0.1) is 0 Å². The molecular formula is C40H48N6O7. The van der Waals surface area contributed by atoms with Gasteiger partial charge in [0, 0.05) is 58.1 Å². The topological polar surface area (TPSA) is 213 Å². The number of aryl methyl sites for hydroxylation is 3. The normalized spacial score (nSPS) is 16.0. The van der Waals surface area contributed by atoms with Crippen LogP contribution in [0.2, 0.25) is 0 Å². The van der Waals surface area contributed by atoms with E-state index in [1.807, 2.05) is 39.0 Å². The molecule has 13 heteroatoms. The number of unbranched alkanes of at least 4 members (excludes halogenated alkanes) is 1. The highest BCUT2D eigenvalue weighted by molar-refractivity contribution is 6.28. The molecule has 5 rings (SSSR count). The SMILES string of the molecule is C=Cc1c(C)c2cc3nc(c(C(=O)O)c4nc(cc5[nH]c(cc1[nH]2)c(C)c5CC)C(C)=C4C(=O)NCCCC[C@@H](N)C(=O)O)[C@@H](CCC(=O)OC)[C@@H]3C. The lowest BCUT2D eigenvalue weighted by Gasteiger charge is -2.17. The summed E-state index contributed by atoms with van der Waals surface area (Å²) >= 11 is 0. The number of carbonyl (C=O) groups excluding carboxylic acids is 2. The van der Waals surface area contributed by atoms with Gasteiger partial charge in [0.1, 0.15) is 11.6 Å². The summed E-state index contributed by atoms with van der Waals surface area (Å²) in [4.78, 5) is 67.9. The molecule has 8 bridgehead atoms. The monoisotopic (exact) mass is 724 g/mol. The van der Waals surface area contributed by atoms with Crippen molar-refractivity contribution in [3.63, 3.8) is 0 Å². The van der Waals surface area contributed by atoms with Crippen molar-refractivity contribution in [2.45, 2.75) is 91.0 Å². The van der Waals surface area contributed by atoms with Gasteiger partial charge in [0.2, 0.25) is 0 Å². The van der Waals surface area contributed by atoms with Gasteiger partial charge in [-0.25, -0.2) is 9.78 Å². The number of nitrogens with two attached hydrogens (primary N) is 1. The van der Waals surface area contributed by atoms with E-state index in [0.717, 1.165) is 44.3 Å². The highest BCUT2D eigenvalue weighted by Gasteiger charge is 2.37. The Hall–Kier alpha value is -5.56. The van der Waals surface area contributed by atoms with E-state index >= 15 is 0 Å². The van der Waals surface area contributed by atoms with Crippen molar-refractivity contribution in [1.29, 1.82) is 0 Å². The highest BCUT2D eigenvalue weighted by Crippen LogP contribution is 2.43. The first-order chi connectivity index (χ1) is 25.2. The molecule has 2 aliphatic rings. The molecule has 0 spiro atoms. The van der Waals surface area contributed by atoms with Crippen molar-refractivity contribution in [3.8, 4) is 0 Å². The predicted octanol–water partition coefficient (Wildman–Crippen LogP) is 6.30. The fraction of sp³-hybridized carbons (Fsp3) is 0.400. The Morgan fingerprint density at radius 2 is 1.72 bits per heavy atom. The van der Waals surface area contributed by atoms with E-state index in [2.05, 4.69) is 28.8 Å². The van der Waals surface area contributed by atoms with E-state index in [-0.39, 0.29) is 54.2 Å². The summed E-state index contributed by atoms with van der Waals surface area (Å²) in [5, 5.41) is 22.9. The summed E-state index contributed by atoms with van der Waals surface area (Å²) < 4.78 is 4.93. The summed E-state index contributed by atoms with van der Waals surface area (Å²) in [7, 11) is 1.31. The zero-order valence-electron chi connectivity index (χ0n) is 31.1. The number of aromatic amines is 2. The average Bonchev–Trinajstić information content (AvgIpc) is 3.79. The van der Waals surface area contributed by atoms with Crippen LogP contribution >= 0.6 is 0 Å². The first-order valence-corrected chi connectivity index (χ1v) is 17.9. The Bertz CT molecular complexity index is 2190. The van der Waals surface area contributed by atoms with Crippen LogP contribution in [0.1, 0.15) is 120 Å². The van der Waals surface area contributed by atoms with E-state index in [9.17, 15) is 24.3 Å². The van der Waals surface area contributed by atoms with Crippen LogP contribution in [0.3, 0.4) is 0 Å². The van der Waals surface area contributed by atoms with Crippen LogP contribution in [0.15, 0.2) is 24.8 Å². The van der Waals surface area contributed by atoms with Gasteiger partial charge < -0.3 is 36.0 Å². The average molecular weight is 725 g/mol. The predicted molar refractivity (Wildman–Crippen MR) is 204 cm³/mol. The Kier molecular flexibility index (Phi) is 11.7. The Balaban J connectivity index is 1.82. The van der Waals surface area contributed by atoms with Crippen molar-refractivity contribution in [2.75, 3.05) is 13.7 Å². The van der Waals surface area contributed by atoms with E-state index < -0.39 is 35.8 Å². The molecule has 53 heavy (non-hydrogen) atoms. The number of carboxylic acid groups (broad SMARTS) is 2. The smallest absolute Gasteiger partial charge is 0.339 e. The second-order valence-corrected chi connectivity index (χ2v) is 13.7. The lowest BCUT2D eigenvalue weighted by Crippen LogP contribution is -2.30. The molecule has 1 amide bonds. The third-order valence-electron chi connectivity index (χ3n) is 10.5. The number of aromatic carboxylic acids is 1. The number of methoxy groups -OCH3 is 1. The summed E-state index contributed by atoms with van der Waals surface area (Å²) in [5.74, 6) is -4.17. The molecular weight excluding hydrogens is 676 g/mol. The van der Waals surface area contributed by atoms with Gasteiger partial charge in [0.25, 0.3) is 5.91 Å². The third kappa shape index (κ3) is 7.66. The number of nitrogens with zero attached hydrogens (tertiary/aromatic N) is 2. The maximum Gasteiger partial charge on any atom is 0.339 e. The van der Waals surface area contributed by atoms with Gasteiger partial charge in [-0.3, -0.25) is 19.4 Å². The molecule has 0 aliphatic carbocycles. The number of carbonyl (C=O) groups is 4. The van der Waals surface area contributed by atoms with Gasteiger partial charge >= 0.3 is 17.9 Å². The first-order valence-electron chi connectivity index (χ1n) is 17.9. The highest BCUT2D eigenvalue weighted by atomic mass is 16.5. The molecule has 13 nitrogen and oxygen atoms in total. The zero-order chi connectivity index (χ0) is 38.7. The second-order valence-electron chi connectivity index (χ2n) is 13.7. The number of ether oxygens (including phenoxy) is 1. The minimum Gasteiger partial charge on any atom is -0.480 e. The number of amides is 1. The van der Waals surface area contributed by atoms with Crippen LogP contribution in [0.4, 0.5) is 0 Å².